The van der Waals surface area contributed by atoms with E-state index in [1.165, 1.54) is 20.4 Å². The van der Waals surface area contributed by atoms with Crippen molar-refractivity contribution in [3.05, 3.63) is 43.6 Å². The summed E-state index contributed by atoms with van der Waals surface area (Å²) in [4.78, 5) is 35.9. The average Bonchev–Trinajstić information content (AvgIpc) is 2.60. The molecular formula is C14H15ClN6O5. The van der Waals surface area contributed by atoms with Crippen LogP contribution in [0.1, 0.15) is 5.56 Å². The minimum Gasteiger partial charge on any atom is -0.493 e. The lowest BCUT2D eigenvalue weighted by Crippen LogP contribution is -2.31. The van der Waals surface area contributed by atoms with Crippen LogP contribution in [0, 0.1) is 0 Å². The summed E-state index contributed by atoms with van der Waals surface area (Å²) >= 11 is 6.07. The summed E-state index contributed by atoms with van der Waals surface area (Å²) < 4.78 is 10.3. The smallest absolute Gasteiger partial charge is 0.342 e. The van der Waals surface area contributed by atoms with Crippen molar-refractivity contribution >= 4 is 29.5 Å². The van der Waals surface area contributed by atoms with Crippen molar-refractivity contribution in [2.24, 2.45) is 5.10 Å². The van der Waals surface area contributed by atoms with Gasteiger partial charge in [-0.15, -0.1) is 5.10 Å². The van der Waals surface area contributed by atoms with Gasteiger partial charge < -0.3 is 14.8 Å². The Morgan fingerprint density at radius 3 is 2.77 bits per heavy atom. The van der Waals surface area contributed by atoms with Gasteiger partial charge in [0.1, 0.15) is 0 Å². The van der Waals surface area contributed by atoms with E-state index >= 15 is 0 Å². The number of hydrazone groups is 1. The number of hydrogen-bond donors (Lipinski definition) is 4. The van der Waals surface area contributed by atoms with Gasteiger partial charge in [0.2, 0.25) is 5.82 Å². The maximum absolute atomic E-state index is 11.7. The number of carbonyl (C=O) groups excluding carboxylic acids is 1. The van der Waals surface area contributed by atoms with Crippen LogP contribution in [0.2, 0.25) is 5.02 Å². The molecule has 26 heavy (non-hydrogen) atoms. The first-order chi connectivity index (χ1) is 12.4. The maximum Gasteiger partial charge on any atom is 0.342 e. The molecule has 0 atom stereocenters. The van der Waals surface area contributed by atoms with Crippen molar-refractivity contribution in [2.75, 3.05) is 26.1 Å². The van der Waals surface area contributed by atoms with Gasteiger partial charge in [0.25, 0.3) is 11.5 Å². The van der Waals surface area contributed by atoms with E-state index in [-0.39, 0.29) is 12.4 Å². The summed E-state index contributed by atoms with van der Waals surface area (Å²) in [5.41, 5.74) is 1.34. The standard InChI is InChI=1S/C14H15ClN6O5/c1-25-9-4-7(3-8(15)11(9)26-2)5-17-19-10(22)6-16-12-13(23)18-14(24)21-20-12/h3-5H,6H2,1-2H3,(H,16,20)(H,19,22)(H2,18,21,23,24)/b17-5+. The Morgan fingerprint density at radius 2 is 2.12 bits per heavy atom. The van der Waals surface area contributed by atoms with Crippen molar-refractivity contribution < 1.29 is 14.3 Å². The van der Waals surface area contributed by atoms with Gasteiger partial charge in [-0.1, -0.05) is 11.6 Å². The van der Waals surface area contributed by atoms with Crippen LogP contribution in [0.15, 0.2) is 26.8 Å². The van der Waals surface area contributed by atoms with Crippen molar-refractivity contribution in [1.82, 2.24) is 20.6 Å². The number of amides is 1. The molecule has 1 amide bonds. The third-order valence-corrected chi connectivity index (χ3v) is 3.27. The van der Waals surface area contributed by atoms with Crippen LogP contribution in [0.4, 0.5) is 5.82 Å². The fraction of sp³-hybridized carbons (Fsp3) is 0.214. The summed E-state index contributed by atoms with van der Waals surface area (Å²) in [7, 11) is 2.93. The highest BCUT2D eigenvalue weighted by Crippen LogP contribution is 2.35. The summed E-state index contributed by atoms with van der Waals surface area (Å²) in [6.07, 6.45) is 1.36. The van der Waals surface area contributed by atoms with Crippen molar-refractivity contribution in [1.29, 1.82) is 0 Å². The van der Waals surface area contributed by atoms with E-state index in [1.54, 1.807) is 12.1 Å². The predicted octanol–water partition coefficient (Wildman–Crippen LogP) is -0.309. The number of halogens is 1. The Kier molecular flexibility index (Phi) is 6.33. The molecule has 0 fully saturated rings. The molecule has 0 aliphatic heterocycles. The number of hydrogen-bond acceptors (Lipinski definition) is 8. The molecule has 1 aromatic heterocycles. The molecule has 0 bridgehead atoms. The van der Waals surface area contributed by atoms with E-state index in [4.69, 9.17) is 21.1 Å². The number of methoxy groups -OCH3 is 2. The zero-order chi connectivity index (χ0) is 19.1. The topological polar surface area (TPSA) is 151 Å². The second kappa shape index (κ2) is 8.67. The van der Waals surface area contributed by atoms with Gasteiger partial charge >= 0.3 is 5.69 Å². The molecule has 0 unspecified atom stereocenters. The number of aromatic nitrogens is 3. The minimum absolute atomic E-state index is 0.199. The Morgan fingerprint density at radius 1 is 1.35 bits per heavy atom. The van der Waals surface area contributed by atoms with Crippen LogP contribution in [-0.2, 0) is 4.79 Å². The van der Waals surface area contributed by atoms with Crippen LogP contribution in [0.3, 0.4) is 0 Å². The molecule has 0 saturated heterocycles. The molecule has 0 spiro atoms. The number of rotatable bonds is 7. The Hall–Kier alpha value is -3.34. The van der Waals surface area contributed by atoms with Gasteiger partial charge in [-0.3, -0.25) is 14.6 Å². The SMILES string of the molecule is COc1cc(/C=N/NC(=O)CNc2n[nH]c(=O)[nH]c2=O)cc(Cl)c1OC. The number of aromatic amines is 2. The highest BCUT2D eigenvalue weighted by Gasteiger charge is 2.10. The molecule has 0 saturated carbocycles. The number of anilines is 1. The number of ether oxygens (including phenoxy) is 2. The van der Waals surface area contributed by atoms with E-state index in [0.717, 1.165) is 0 Å². The van der Waals surface area contributed by atoms with Gasteiger partial charge in [0.15, 0.2) is 11.5 Å². The van der Waals surface area contributed by atoms with E-state index in [9.17, 15) is 14.4 Å². The molecule has 4 N–H and O–H groups in total. The predicted molar refractivity (Wildman–Crippen MR) is 94.3 cm³/mol. The van der Waals surface area contributed by atoms with Gasteiger partial charge in [0, 0.05) is 0 Å². The van der Waals surface area contributed by atoms with Gasteiger partial charge in [-0.05, 0) is 17.7 Å². The first kappa shape index (κ1) is 19.0. The quantitative estimate of drug-likeness (QED) is 0.379. The van der Waals surface area contributed by atoms with E-state index in [0.29, 0.717) is 22.1 Å². The minimum atomic E-state index is -0.747. The average molecular weight is 383 g/mol. The zero-order valence-electron chi connectivity index (χ0n) is 13.8. The first-order valence-corrected chi connectivity index (χ1v) is 7.48. The van der Waals surface area contributed by atoms with Crippen molar-refractivity contribution in [3.63, 3.8) is 0 Å². The van der Waals surface area contributed by atoms with Gasteiger partial charge in [0.05, 0.1) is 32.0 Å². The van der Waals surface area contributed by atoms with E-state index in [2.05, 4.69) is 20.9 Å². The molecular weight excluding hydrogens is 368 g/mol. The number of nitrogens with zero attached hydrogens (tertiary/aromatic N) is 2. The van der Waals surface area contributed by atoms with Crippen LogP contribution < -0.4 is 31.5 Å². The zero-order valence-corrected chi connectivity index (χ0v) is 14.5. The molecule has 0 radical (unpaired) electrons. The number of carbonyl (C=O) groups is 1. The fourth-order valence-corrected chi connectivity index (χ4v) is 2.16. The number of benzene rings is 1. The lowest BCUT2D eigenvalue weighted by atomic mass is 10.2. The van der Waals surface area contributed by atoms with Gasteiger partial charge in [-0.25, -0.2) is 15.3 Å². The summed E-state index contributed by atoms with van der Waals surface area (Å²) in [5, 5.41) is 12.1. The first-order valence-electron chi connectivity index (χ1n) is 7.11. The molecule has 0 aliphatic carbocycles. The molecule has 1 aromatic carbocycles. The molecule has 2 aromatic rings. The monoisotopic (exact) mass is 382 g/mol. The third kappa shape index (κ3) is 4.83. The Labute approximate surface area is 151 Å². The van der Waals surface area contributed by atoms with E-state index < -0.39 is 17.2 Å². The van der Waals surface area contributed by atoms with Crippen LogP contribution in [0.5, 0.6) is 11.5 Å². The van der Waals surface area contributed by atoms with Crippen LogP contribution in [0.25, 0.3) is 0 Å². The Bertz CT molecular complexity index is 938. The lowest BCUT2D eigenvalue weighted by Gasteiger charge is -2.09. The van der Waals surface area contributed by atoms with Crippen molar-refractivity contribution in [3.8, 4) is 11.5 Å². The van der Waals surface area contributed by atoms with Gasteiger partial charge in [-0.2, -0.15) is 5.10 Å². The number of H-pyrrole nitrogens is 2. The second-order valence-electron chi connectivity index (χ2n) is 4.74. The number of nitrogens with one attached hydrogen (secondary N) is 4. The third-order valence-electron chi connectivity index (χ3n) is 2.99. The highest BCUT2D eigenvalue weighted by atomic mass is 35.5. The normalized spacial score (nSPS) is 10.6. The van der Waals surface area contributed by atoms with Crippen LogP contribution >= 0.6 is 11.6 Å². The molecule has 11 nitrogen and oxygen atoms in total. The van der Waals surface area contributed by atoms with E-state index in [1.807, 2.05) is 10.1 Å². The summed E-state index contributed by atoms with van der Waals surface area (Å²) in [6, 6.07) is 3.21. The summed E-state index contributed by atoms with van der Waals surface area (Å²) in [5.74, 6) is 0.0617. The molecule has 12 heteroatoms. The summed E-state index contributed by atoms with van der Waals surface area (Å²) in [6.45, 7) is -0.286. The maximum atomic E-state index is 11.7. The highest BCUT2D eigenvalue weighted by molar-refractivity contribution is 6.32. The Balaban J connectivity index is 1.95. The largest absolute Gasteiger partial charge is 0.493 e. The fourth-order valence-electron chi connectivity index (χ4n) is 1.86. The second-order valence-corrected chi connectivity index (χ2v) is 5.15. The lowest BCUT2D eigenvalue weighted by molar-refractivity contribution is -0.119. The molecule has 138 valence electrons. The molecule has 1 heterocycles. The molecule has 2 rings (SSSR count). The van der Waals surface area contributed by atoms with Crippen molar-refractivity contribution in [2.45, 2.75) is 0 Å². The van der Waals surface area contributed by atoms with Crippen LogP contribution in [-0.4, -0.2) is 48.1 Å². The molecule has 0 aliphatic rings.